The van der Waals surface area contributed by atoms with E-state index in [4.69, 9.17) is 14.4 Å². The van der Waals surface area contributed by atoms with E-state index in [1.54, 1.807) is 0 Å². The van der Waals surface area contributed by atoms with E-state index < -0.39 is 50.9 Å². The van der Waals surface area contributed by atoms with Gasteiger partial charge in [0.1, 0.15) is 29.7 Å². The minimum absolute atomic E-state index is 0.0312. The first kappa shape index (κ1) is 25.0. The van der Waals surface area contributed by atoms with E-state index in [9.17, 15) is 31.2 Å². The lowest BCUT2D eigenvalue weighted by Crippen LogP contribution is -2.27. The normalized spacial score (nSPS) is 14.6. The van der Waals surface area contributed by atoms with Crippen LogP contribution in [0.3, 0.4) is 0 Å². The minimum atomic E-state index is -4.57. The molecule has 0 radical (unpaired) electrons. The molecule has 2 heterocycles. The number of hydrogen-bond acceptors (Lipinski definition) is 8. The third-order valence-electron chi connectivity index (χ3n) is 5.08. The quantitative estimate of drug-likeness (QED) is 0.485. The second kappa shape index (κ2) is 9.51. The van der Waals surface area contributed by atoms with E-state index in [1.807, 2.05) is 0 Å². The fourth-order valence-electron chi connectivity index (χ4n) is 3.46. The fourth-order valence-corrected chi connectivity index (χ4v) is 4.89. The Kier molecular flexibility index (Phi) is 6.61. The molecule has 0 atom stereocenters. The second-order valence-corrected chi connectivity index (χ2v) is 9.34. The lowest BCUT2D eigenvalue weighted by atomic mass is 10.1. The monoisotopic (exact) mass is 522 g/mol. The standard InChI is InChI=1S/C23H17F3N2O7S/c1-13-8-20(29)34-28(35-23(13)30)12-14-11-27(36(31,32)17-5-3-4-15(24)9-17)21(22(14)33-2)18-7-6-16(25)10-19(18)26/h3-11H,12H2,1-2H3. The van der Waals surface area contributed by atoms with Crippen LogP contribution < -0.4 is 4.74 Å². The minimum Gasteiger partial charge on any atom is -0.494 e. The third-order valence-corrected chi connectivity index (χ3v) is 6.73. The van der Waals surface area contributed by atoms with Crippen molar-refractivity contribution < 1.29 is 45.6 Å². The van der Waals surface area contributed by atoms with Gasteiger partial charge in [-0.2, -0.15) is 0 Å². The van der Waals surface area contributed by atoms with Crippen molar-refractivity contribution in [2.75, 3.05) is 7.11 Å². The van der Waals surface area contributed by atoms with Gasteiger partial charge in [-0.25, -0.2) is 35.2 Å². The molecule has 0 amide bonds. The van der Waals surface area contributed by atoms with Gasteiger partial charge in [0.05, 0.1) is 12.0 Å². The van der Waals surface area contributed by atoms with E-state index >= 15 is 0 Å². The number of nitrogens with zero attached hydrogens (tertiary/aromatic N) is 2. The van der Waals surface area contributed by atoms with Crippen molar-refractivity contribution in [1.82, 2.24) is 9.20 Å². The number of ether oxygens (including phenoxy) is 1. The van der Waals surface area contributed by atoms with Crippen molar-refractivity contribution in [1.29, 1.82) is 0 Å². The molecule has 0 aliphatic carbocycles. The van der Waals surface area contributed by atoms with E-state index in [0.29, 0.717) is 15.3 Å². The number of methoxy groups -OCH3 is 1. The summed E-state index contributed by atoms with van der Waals surface area (Å²) in [5, 5.41) is 0.499. The molecule has 1 aliphatic rings. The average Bonchev–Trinajstić information content (AvgIpc) is 3.11. The molecule has 4 rings (SSSR count). The van der Waals surface area contributed by atoms with Crippen molar-refractivity contribution in [3.63, 3.8) is 0 Å². The van der Waals surface area contributed by atoms with Crippen molar-refractivity contribution in [2.45, 2.75) is 18.4 Å². The van der Waals surface area contributed by atoms with Crippen LogP contribution in [-0.4, -0.2) is 36.7 Å². The molecule has 0 N–H and O–H groups in total. The molecule has 36 heavy (non-hydrogen) atoms. The summed E-state index contributed by atoms with van der Waals surface area (Å²) in [7, 11) is -3.40. The summed E-state index contributed by atoms with van der Waals surface area (Å²) in [6, 6.07) is 6.57. The van der Waals surface area contributed by atoms with Gasteiger partial charge in [-0.15, -0.1) is 0 Å². The molecule has 13 heteroatoms. The highest BCUT2D eigenvalue weighted by Crippen LogP contribution is 2.39. The highest BCUT2D eigenvalue weighted by Gasteiger charge is 2.32. The summed E-state index contributed by atoms with van der Waals surface area (Å²) in [5.74, 6) is -4.92. The van der Waals surface area contributed by atoms with Gasteiger partial charge < -0.3 is 14.4 Å². The lowest BCUT2D eigenvalue weighted by molar-refractivity contribution is -0.324. The molecule has 0 saturated carbocycles. The zero-order valence-electron chi connectivity index (χ0n) is 18.7. The number of carbonyl (C=O) groups excluding carboxylic acids is 2. The number of hydroxylamine groups is 2. The zero-order chi connectivity index (χ0) is 26.2. The fraction of sp³-hybridized carbons (Fsp3) is 0.130. The van der Waals surface area contributed by atoms with Gasteiger partial charge in [-0.1, -0.05) is 6.07 Å². The Labute approximate surface area is 202 Å². The van der Waals surface area contributed by atoms with Crippen LogP contribution in [0.25, 0.3) is 11.3 Å². The van der Waals surface area contributed by atoms with Crippen LogP contribution in [-0.2, 0) is 35.8 Å². The van der Waals surface area contributed by atoms with Crippen LogP contribution in [0.2, 0.25) is 0 Å². The first-order valence-electron chi connectivity index (χ1n) is 10.2. The van der Waals surface area contributed by atoms with Gasteiger partial charge in [0.15, 0.2) is 5.75 Å². The van der Waals surface area contributed by atoms with Crippen LogP contribution in [0, 0.1) is 17.5 Å². The molecule has 2 aromatic carbocycles. The van der Waals surface area contributed by atoms with Gasteiger partial charge >= 0.3 is 11.9 Å². The Balaban J connectivity index is 1.91. The Hall–Kier alpha value is -4.10. The number of rotatable bonds is 6. The molecule has 0 fully saturated rings. The summed E-state index contributed by atoms with van der Waals surface area (Å²) in [6.45, 7) is 0.786. The van der Waals surface area contributed by atoms with Crippen molar-refractivity contribution in [3.8, 4) is 17.0 Å². The topological polar surface area (TPSA) is 104 Å². The Morgan fingerprint density at radius 1 is 1.00 bits per heavy atom. The summed E-state index contributed by atoms with van der Waals surface area (Å²) in [6.07, 6.45) is 1.91. The molecule has 3 aromatic rings. The molecule has 0 bridgehead atoms. The Morgan fingerprint density at radius 3 is 2.39 bits per heavy atom. The van der Waals surface area contributed by atoms with Crippen molar-refractivity contribution >= 4 is 22.0 Å². The number of carbonyl (C=O) groups is 2. The van der Waals surface area contributed by atoms with Crippen LogP contribution >= 0.6 is 0 Å². The lowest BCUT2D eigenvalue weighted by Gasteiger charge is -2.17. The summed E-state index contributed by atoms with van der Waals surface area (Å²) in [5.41, 5.74) is -0.802. The molecular weight excluding hydrogens is 505 g/mol. The van der Waals surface area contributed by atoms with Crippen molar-refractivity contribution in [2.24, 2.45) is 0 Å². The zero-order valence-corrected chi connectivity index (χ0v) is 19.5. The maximum atomic E-state index is 14.8. The summed E-state index contributed by atoms with van der Waals surface area (Å²) < 4.78 is 75.2. The number of benzene rings is 2. The van der Waals surface area contributed by atoms with Crippen LogP contribution in [0.15, 0.2) is 65.2 Å². The summed E-state index contributed by atoms with van der Waals surface area (Å²) in [4.78, 5) is 33.4. The molecule has 0 spiro atoms. The largest absolute Gasteiger partial charge is 0.494 e. The van der Waals surface area contributed by atoms with Crippen molar-refractivity contribution in [3.05, 3.63) is 83.3 Å². The number of halogens is 3. The van der Waals surface area contributed by atoms with E-state index in [2.05, 4.69) is 0 Å². The van der Waals surface area contributed by atoms with Crippen LogP contribution in [0.5, 0.6) is 5.75 Å². The molecule has 1 aromatic heterocycles. The smallest absolute Gasteiger partial charge is 0.356 e. The van der Waals surface area contributed by atoms with Gasteiger partial charge in [-0.05, 0) is 37.3 Å². The molecule has 1 aliphatic heterocycles. The maximum Gasteiger partial charge on any atom is 0.356 e. The molecular formula is C23H17F3N2O7S. The Morgan fingerprint density at radius 2 is 1.72 bits per heavy atom. The predicted molar refractivity (Wildman–Crippen MR) is 117 cm³/mol. The predicted octanol–water partition coefficient (Wildman–Crippen LogP) is 3.50. The van der Waals surface area contributed by atoms with E-state index in [-0.39, 0.29) is 28.1 Å². The third kappa shape index (κ3) is 4.70. The first-order valence-corrected chi connectivity index (χ1v) is 11.6. The first-order chi connectivity index (χ1) is 17.0. The highest BCUT2D eigenvalue weighted by molar-refractivity contribution is 7.90. The maximum absolute atomic E-state index is 14.8. The molecule has 0 saturated heterocycles. The Bertz CT molecular complexity index is 1520. The molecule has 188 valence electrons. The van der Waals surface area contributed by atoms with Gasteiger partial charge in [0.25, 0.3) is 10.0 Å². The molecule has 9 nitrogen and oxygen atoms in total. The second-order valence-electron chi connectivity index (χ2n) is 7.53. The van der Waals surface area contributed by atoms with Gasteiger partial charge in [0, 0.05) is 40.3 Å². The van der Waals surface area contributed by atoms with Crippen LogP contribution in [0.1, 0.15) is 12.5 Å². The number of hydrogen-bond donors (Lipinski definition) is 0. The average molecular weight is 522 g/mol. The van der Waals surface area contributed by atoms with Crippen LogP contribution in [0.4, 0.5) is 13.2 Å². The van der Waals surface area contributed by atoms with E-state index in [0.717, 1.165) is 49.7 Å². The van der Waals surface area contributed by atoms with Gasteiger partial charge in [-0.3, -0.25) is 0 Å². The number of aromatic nitrogens is 1. The van der Waals surface area contributed by atoms with E-state index in [1.165, 1.54) is 13.0 Å². The SMILES string of the molecule is COc1c(CN2OC(=O)C=C(C)C(=O)O2)cn(S(=O)(=O)c2cccc(F)c2)c1-c1ccc(F)cc1F. The van der Waals surface area contributed by atoms with Gasteiger partial charge in [0.2, 0.25) is 0 Å². The summed E-state index contributed by atoms with van der Waals surface area (Å²) >= 11 is 0. The highest BCUT2D eigenvalue weighted by atomic mass is 32.2. The molecule has 0 unspecified atom stereocenters.